The standard InChI is InChI=1S/C19H20ClNO2.C19H22ClNO2.C17H16ClNO4.C17H18ClNO3.C16H16ClNO2.C14H12Cl2O/c1-23-13-16-12-15(19(22)21-10-2-3-11-21)6-9-18(16)14-4-7-17(20)8-5-14;1-4-21(5-2)19(22)15-8-11-18(16(12-15)13-23-3)14-6-9-17(20)10-7-14;1-23-10-13-8-12(17(22)19-9-16(20)21)4-7-15(13)11-2-5-14(18)6-3-11;1-22-11-14-10-13(17(21)19-8-9-20)4-7-16(14)12-2-5-15(18)6-3-12;1-18-16(19)12-5-8-15(13(9-12)10-20-2)11-3-6-14(17)7-4-11;1-17-9-11-8-13(16)6-7-14(11)10-2-4-12(15)5-3-10/h4-9,12H,2-3,10-11,13H2,1H3;6-12H,4-5,13H2,1-3H3;2-8H,9-10H2,1H3,(H,19,22)(H,20,21);2-7,10,20H,8-9,11H2,1H3,(H,19,21);3-9H,10H2,1-2H3,(H,18,19);2-8H,9H2,1H3. The predicted molar refractivity (Wildman–Crippen MR) is 516 cm³/mol. The van der Waals surface area contributed by atoms with Crippen LogP contribution in [0.5, 0.6) is 0 Å². The highest BCUT2D eigenvalue weighted by atomic mass is 35.5. The summed E-state index contributed by atoms with van der Waals surface area (Å²) in [5, 5.41) is 29.9. The number of methoxy groups -OCH3 is 6. The lowest BCUT2D eigenvalue weighted by Gasteiger charge is -2.20. The van der Waals surface area contributed by atoms with Gasteiger partial charge in [0.05, 0.1) is 46.2 Å². The van der Waals surface area contributed by atoms with Crippen LogP contribution >= 0.6 is 81.2 Å². The molecule has 13 rings (SSSR count). The van der Waals surface area contributed by atoms with Crippen LogP contribution in [0.4, 0.5) is 0 Å². The van der Waals surface area contributed by atoms with Crippen LogP contribution in [0.15, 0.2) is 255 Å². The number of amides is 5. The van der Waals surface area contributed by atoms with Crippen molar-refractivity contribution in [3.8, 4) is 66.8 Å². The Balaban J connectivity index is 0.000000190. The third-order valence-electron chi connectivity index (χ3n) is 20.1. The van der Waals surface area contributed by atoms with Gasteiger partial charge in [0.2, 0.25) is 0 Å². The molecule has 1 saturated heterocycles. The molecule has 12 aromatic rings. The highest BCUT2D eigenvalue weighted by molar-refractivity contribution is 6.32. The van der Waals surface area contributed by atoms with Gasteiger partial charge in [0, 0.05) is 145 Å². The topological polar surface area (TPSA) is 241 Å². The van der Waals surface area contributed by atoms with Gasteiger partial charge in [-0.15, -0.1) is 0 Å². The fourth-order valence-electron chi connectivity index (χ4n) is 13.8. The van der Waals surface area contributed by atoms with Crippen LogP contribution in [0, 0.1) is 0 Å². The molecule has 0 spiro atoms. The molecule has 128 heavy (non-hydrogen) atoms. The maximum atomic E-state index is 12.6. The van der Waals surface area contributed by atoms with E-state index in [1.807, 2.05) is 242 Å². The van der Waals surface area contributed by atoms with Crippen molar-refractivity contribution in [2.24, 2.45) is 0 Å². The van der Waals surface area contributed by atoms with Crippen LogP contribution in [0.1, 0.15) is 112 Å². The number of nitrogens with zero attached hydrogens (tertiary/aromatic N) is 2. The first-order chi connectivity index (χ1) is 61.8. The summed E-state index contributed by atoms with van der Waals surface area (Å²) < 4.78 is 31.5. The van der Waals surface area contributed by atoms with Crippen LogP contribution in [0.25, 0.3) is 66.8 Å². The van der Waals surface area contributed by atoms with E-state index >= 15 is 0 Å². The van der Waals surface area contributed by atoms with Crippen molar-refractivity contribution >= 4 is 117 Å². The lowest BCUT2D eigenvalue weighted by molar-refractivity contribution is -0.135. The van der Waals surface area contributed by atoms with E-state index in [4.69, 9.17) is 120 Å². The molecule has 0 bridgehead atoms. The molecule has 26 heteroatoms. The van der Waals surface area contributed by atoms with E-state index in [0.29, 0.717) is 100 Å². The van der Waals surface area contributed by atoms with Crippen molar-refractivity contribution in [3.05, 3.63) is 351 Å². The van der Waals surface area contributed by atoms with E-state index in [-0.39, 0.29) is 36.8 Å². The molecule has 0 aromatic heterocycles. The Kier molecular flexibility index (Phi) is 43.2. The van der Waals surface area contributed by atoms with E-state index < -0.39 is 18.4 Å². The second-order valence-corrected chi connectivity index (χ2v) is 32.0. The van der Waals surface area contributed by atoms with E-state index in [0.717, 1.165) is 142 Å². The largest absolute Gasteiger partial charge is 0.480 e. The monoisotopic (exact) mass is 1870 g/mol. The fourth-order valence-corrected chi connectivity index (χ4v) is 14.8. The van der Waals surface area contributed by atoms with Crippen LogP contribution in [-0.4, -0.2) is 151 Å². The zero-order valence-electron chi connectivity index (χ0n) is 72.7. The molecular formula is C102H104Cl7N5O14. The van der Waals surface area contributed by atoms with E-state index in [2.05, 4.69) is 16.0 Å². The molecule has 0 saturated carbocycles. The van der Waals surface area contributed by atoms with Crippen molar-refractivity contribution in [1.29, 1.82) is 0 Å². The number of likely N-dealkylation sites (tertiary alicyclic amines) is 1. The average Bonchev–Trinajstić information content (AvgIpc) is 1.24. The molecule has 0 aliphatic carbocycles. The molecule has 1 heterocycles. The van der Waals surface area contributed by atoms with Gasteiger partial charge in [-0.2, -0.15) is 0 Å². The van der Waals surface area contributed by atoms with Gasteiger partial charge >= 0.3 is 5.97 Å². The minimum absolute atomic E-state index is 0.0509. The number of carboxylic acid groups (broad SMARTS) is 1. The van der Waals surface area contributed by atoms with Crippen molar-refractivity contribution in [2.75, 3.05) is 95.6 Å². The number of ether oxygens (including phenoxy) is 6. The first-order valence-corrected chi connectivity index (χ1v) is 43.6. The number of aliphatic hydroxyl groups excluding tert-OH is 1. The fraction of sp³-hybridized carbons (Fsp3) is 0.235. The summed E-state index contributed by atoms with van der Waals surface area (Å²) in [6.07, 6.45) is 2.19. The van der Waals surface area contributed by atoms with Gasteiger partial charge in [0.25, 0.3) is 29.5 Å². The number of benzene rings is 12. The summed E-state index contributed by atoms with van der Waals surface area (Å²) in [5.41, 5.74) is 21.2. The van der Waals surface area contributed by atoms with Gasteiger partial charge in [-0.3, -0.25) is 28.8 Å². The maximum Gasteiger partial charge on any atom is 0.322 e. The highest BCUT2D eigenvalue weighted by Crippen LogP contribution is 2.35. The molecule has 5 N–H and O–H groups in total. The minimum atomic E-state index is -1.09. The van der Waals surface area contributed by atoms with Crippen molar-refractivity contribution < 1.29 is 67.4 Å². The Morgan fingerprint density at radius 2 is 0.586 bits per heavy atom. The van der Waals surface area contributed by atoms with Gasteiger partial charge in [0.1, 0.15) is 6.54 Å². The molecule has 12 aromatic carbocycles. The van der Waals surface area contributed by atoms with Crippen molar-refractivity contribution in [1.82, 2.24) is 25.8 Å². The molecule has 1 fully saturated rings. The zero-order valence-corrected chi connectivity index (χ0v) is 78.0. The Bertz CT molecular complexity index is 5500. The molecule has 0 unspecified atom stereocenters. The Morgan fingerprint density at radius 3 is 0.867 bits per heavy atom. The van der Waals surface area contributed by atoms with Crippen LogP contribution in [0.2, 0.25) is 35.2 Å². The number of aliphatic hydroxyl groups is 1. The van der Waals surface area contributed by atoms with E-state index in [1.54, 1.807) is 86.1 Å². The van der Waals surface area contributed by atoms with Gasteiger partial charge in [-0.25, -0.2) is 0 Å². The van der Waals surface area contributed by atoms with Crippen LogP contribution < -0.4 is 16.0 Å². The SMILES string of the molecule is CCN(CC)C(=O)c1ccc(-c2ccc(Cl)cc2)c(COC)c1.CNC(=O)c1ccc(-c2ccc(Cl)cc2)c(COC)c1.COCc1cc(C(=O)N2CCCC2)ccc1-c1ccc(Cl)cc1.COCc1cc(C(=O)NCC(=O)O)ccc1-c1ccc(Cl)cc1.COCc1cc(C(=O)NCCO)ccc1-c1ccc(Cl)cc1.COCc1cc(Cl)ccc1-c1ccc(Cl)cc1. The predicted octanol–water partition coefficient (Wildman–Crippen LogP) is 23.2. The number of nitrogens with one attached hydrogen (secondary N) is 3. The number of halogens is 7. The first kappa shape index (κ1) is 103. The second kappa shape index (κ2) is 53.9. The molecule has 19 nitrogen and oxygen atoms in total. The quantitative estimate of drug-likeness (QED) is 0.0293. The maximum absolute atomic E-state index is 12.6. The molecule has 5 amide bonds. The molecule has 670 valence electrons. The Labute approximate surface area is 784 Å². The van der Waals surface area contributed by atoms with Crippen molar-refractivity contribution in [3.63, 3.8) is 0 Å². The van der Waals surface area contributed by atoms with Gasteiger partial charge in [-0.05, 0) is 272 Å². The minimum Gasteiger partial charge on any atom is -0.480 e. The van der Waals surface area contributed by atoms with E-state index in [1.165, 1.54) is 0 Å². The normalized spacial score (nSPS) is 11.1. The van der Waals surface area contributed by atoms with Gasteiger partial charge in [0.15, 0.2) is 0 Å². The van der Waals surface area contributed by atoms with Crippen LogP contribution in [-0.2, 0) is 72.9 Å². The summed E-state index contributed by atoms with van der Waals surface area (Å²) in [7, 11) is 11.4. The number of carbonyl (C=O) groups is 6. The van der Waals surface area contributed by atoms with Crippen LogP contribution in [0.3, 0.4) is 0 Å². The Morgan fingerprint density at radius 1 is 0.336 bits per heavy atom. The molecule has 0 radical (unpaired) electrons. The summed E-state index contributed by atoms with van der Waals surface area (Å²) in [6, 6.07) is 79.3. The van der Waals surface area contributed by atoms with Crippen molar-refractivity contribution in [2.45, 2.75) is 66.3 Å². The molecule has 0 atom stereocenters. The lowest BCUT2D eigenvalue weighted by Crippen LogP contribution is -2.30. The second-order valence-electron chi connectivity index (χ2n) is 28.9. The smallest absolute Gasteiger partial charge is 0.322 e. The number of hydrogen-bond donors (Lipinski definition) is 5. The summed E-state index contributed by atoms with van der Waals surface area (Å²) in [6.45, 7) is 9.47. The number of carbonyl (C=O) groups excluding carboxylic acids is 5. The van der Waals surface area contributed by atoms with Gasteiger partial charge < -0.3 is 64.4 Å². The van der Waals surface area contributed by atoms with E-state index in [9.17, 15) is 28.8 Å². The highest BCUT2D eigenvalue weighted by Gasteiger charge is 2.23. The third kappa shape index (κ3) is 31.3. The summed E-state index contributed by atoms with van der Waals surface area (Å²) in [4.78, 5) is 75.0. The van der Waals surface area contributed by atoms with Gasteiger partial charge in [-0.1, -0.05) is 190 Å². The number of rotatable bonds is 29. The number of hydrogen-bond acceptors (Lipinski definition) is 13. The zero-order chi connectivity index (χ0) is 92.6. The molecule has 1 aliphatic heterocycles. The number of carboxylic acids is 1. The third-order valence-corrected chi connectivity index (χ3v) is 21.8. The molecule has 1 aliphatic rings. The summed E-state index contributed by atoms with van der Waals surface area (Å²) >= 11 is 41.5. The Hall–Kier alpha value is -10.8. The summed E-state index contributed by atoms with van der Waals surface area (Å²) in [5.74, 6) is -1.68. The molecular weight excluding hydrogens is 1770 g/mol. The lowest BCUT2D eigenvalue weighted by atomic mass is 9.97. The average molecular weight is 1870 g/mol. The number of aliphatic carboxylic acids is 1. The first-order valence-electron chi connectivity index (χ1n) is 40.9.